The summed E-state index contributed by atoms with van der Waals surface area (Å²) in [6, 6.07) is 7.98. The molecule has 0 aliphatic carbocycles. The molecular weight excluding hydrogens is 276 g/mol. The maximum Gasteiger partial charge on any atom is 0.304 e. The molecule has 2 rings (SSSR count). The molecule has 1 saturated heterocycles. The van der Waals surface area contributed by atoms with E-state index in [0.29, 0.717) is 6.54 Å². The predicted octanol–water partition coefficient (Wildman–Crippen LogP) is 2.32. The standard InChI is InChI=1S/C15H21ClN2O2/c16-14-4-1-3-13(11-14)12-18-7-2-6-17(9-10-18)8-5-15(19)20/h1,3-4,11H,2,5-10,12H2,(H,19,20). The number of carboxylic acids is 1. The van der Waals surface area contributed by atoms with Gasteiger partial charge in [0.15, 0.2) is 0 Å². The summed E-state index contributed by atoms with van der Waals surface area (Å²) in [7, 11) is 0. The van der Waals surface area contributed by atoms with Gasteiger partial charge in [0.25, 0.3) is 0 Å². The van der Waals surface area contributed by atoms with Crippen molar-refractivity contribution in [2.45, 2.75) is 19.4 Å². The van der Waals surface area contributed by atoms with Gasteiger partial charge in [-0.2, -0.15) is 0 Å². The average Bonchev–Trinajstić information content (AvgIpc) is 2.62. The Bertz CT molecular complexity index is 453. The number of rotatable bonds is 5. The van der Waals surface area contributed by atoms with Crippen molar-refractivity contribution < 1.29 is 9.90 Å². The van der Waals surface area contributed by atoms with Crippen molar-refractivity contribution in [1.29, 1.82) is 0 Å². The van der Waals surface area contributed by atoms with E-state index in [1.807, 2.05) is 18.2 Å². The minimum absolute atomic E-state index is 0.230. The Balaban J connectivity index is 1.82. The second-order valence-electron chi connectivity index (χ2n) is 5.25. The van der Waals surface area contributed by atoms with Crippen molar-refractivity contribution in [2.75, 3.05) is 32.7 Å². The summed E-state index contributed by atoms with van der Waals surface area (Å²) in [6.07, 6.45) is 1.31. The van der Waals surface area contributed by atoms with Gasteiger partial charge in [0.1, 0.15) is 0 Å². The average molecular weight is 297 g/mol. The van der Waals surface area contributed by atoms with Crippen molar-refractivity contribution in [2.24, 2.45) is 0 Å². The number of nitrogens with zero attached hydrogens (tertiary/aromatic N) is 2. The topological polar surface area (TPSA) is 43.8 Å². The molecule has 5 heteroatoms. The first-order valence-corrected chi connectivity index (χ1v) is 7.42. The zero-order chi connectivity index (χ0) is 14.4. The maximum atomic E-state index is 10.6. The molecule has 0 spiro atoms. The van der Waals surface area contributed by atoms with E-state index < -0.39 is 5.97 Å². The third-order valence-corrected chi connectivity index (χ3v) is 3.85. The van der Waals surface area contributed by atoms with Crippen LogP contribution in [0.1, 0.15) is 18.4 Å². The molecule has 1 N–H and O–H groups in total. The lowest BCUT2D eigenvalue weighted by atomic mass is 10.2. The Morgan fingerprint density at radius 3 is 2.70 bits per heavy atom. The fourth-order valence-electron chi connectivity index (χ4n) is 2.55. The third kappa shape index (κ3) is 5.12. The molecule has 110 valence electrons. The number of benzene rings is 1. The monoisotopic (exact) mass is 296 g/mol. The molecule has 1 aliphatic heterocycles. The molecule has 0 saturated carbocycles. The quantitative estimate of drug-likeness (QED) is 0.906. The van der Waals surface area contributed by atoms with Crippen LogP contribution in [-0.2, 0) is 11.3 Å². The summed E-state index contributed by atoms with van der Waals surface area (Å²) in [5.74, 6) is -0.718. The molecule has 1 heterocycles. The molecule has 0 amide bonds. The summed E-state index contributed by atoms with van der Waals surface area (Å²) < 4.78 is 0. The Hall–Kier alpha value is -1.10. The molecule has 1 aromatic carbocycles. The van der Waals surface area contributed by atoms with Crippen molar-refractivity contribution >= 4 is 17.6 Å². The summed E-state index contributed by atoms with van der Waals surface area (Å²) in [5, 5.41) is 9.52. The van der Waals surface area contributed by atoms with Gasteiger partial charge in [0.2, 0.25) is 0 Å². The van der Waals surface area contributed by atoms with Crippen LogP contribution in [0.25, 0.3) is 0 Å². The molecule has 0 aromatic heterocycles. The highest BCUT2D eigenvalue weighted by Crippen LogP contribution is 2.14. The van der Waals surface area contributed by atoms with E-state index in [0.717, 1.165) is 44.2 Å². The number of hydrogen-bond acceptors (Lipinski definition) is 3. The summed E-state index contributed by atoms with van der Waals surface area (Å²) >= 11 is 6.01. The van der Waals surface area contributed by atoms with E-state index in [2.05, 4.69) is 15.9 Å². The number of hydrogen-bond donors (Lipinski definition) is 1. The molecule has 4 nitrogen and oxygen atoms in total. The fourth-order valence-corrected chi connectivity index (χ4v) is 2.77. The van der Waals surface area contributed by atoms with Crippen LogP contribution in [0.4, 0.5) is 0 Å². The first-order valence-electron chi connectivity index (χ1n) is 7.04. The Kier molecular flexibility index (Phi) is 5.83. The Morgan fingerprint density at radius 1 is 1.20 bits per heavy atom. The molecule has 1 aromatic rings. The van der Waals surface area contributed by atoms with Gasteiger partial charge in [-0.15, -0.1) is 0 Å². The van der Waals surface area contributed by atoms with Crippen LogP contribution >= 0.6 is 11.6 Å². The van der Waals surface area contributed by atoms with Gasteiger partial charge < -0.3 is 10.0 Å². The molecule has 1 aliphatic rings. The SMILES string of the molecule is O=C(O)CCN1CCCN(Cc2cccc(Cl)c2)CC1. The molecule has 1 fully saturated rings. The number of aliphatic carboxylic acids is 1. The van der Waals surface area contributed by atoms with E-state index in [9.17, 15) is 4.79 Å². The highest BCUT2D eigenvalue weighted by atomic mass is 35.5. The van der Waals surface area contributed by atoms with Gasteiger partial charge in [-0.05, 0) is 37.2 Å². The van der Waals surface area contributed by atoms with Crippen LogP contribution in [0.5, 0.6) is 0 Å². The smallest absolute Gasteiger partial charge is 0.304 e. The minimum atomic E-state index is -0.718. The molecular formula is C15H21ClN2O2. The number of halogens is 1. The second kappa shape index (κ2) is 7.62. The van der Waals surface area contributed by atoms with Crippen LogP contribution in [0, 0.1) is 0 Å². The lowest BCUT2D eigenvalue weighted by Gasteiger charge is -2.21. The summed E-state index contributed by atoms with van der Waals surface area (Å²) in [5.41, 5.74) is 1.23. The lowest BCUT2D eigenvalue weighted by Crippen LogP contribution is -2.31. The first kappa shape index (κ1) is 15.3. The summed E-state index contributed by atoms with van der Waals surface area (Å²) in [4.78, 5) is 15.3. The van der Waals surface area contributed by atoms with E-state index in [-0.39, 0.29) is 6.42 Å². The first-order chi connectivity index (χ1) is 9.63. The van der Waals surface area contributed by atoms with Crippen LogP contribution in [0.15, 0.2) is 24.3 Å². The van der Waals surface area contributed by atoms with Crippen molar-refractivity contribution in [3.8, 4) is 0 Å². The Morgan fingerprint density at radius 2 is 1.95 bits per heavy atom. The van der Waals surface area contributed by atoms with Gasteiger partial charge in [0, 0.05) is 31.2 Å². The van der Waals surface area contributed by atoms with E-state index in [4.69, 9.17) is 16.7 Å². The molecule has 0 atom stereocenters. The predicted molar refractivity (Wildman–Crippen MR) is 80.0 cm³/mol. The fraction of sp³-hybridized carbons (Fsp3) is 0.533. The van der Waals surface area contributed by atoms with Gasteiger partial charge in [-0.1, -0.05) is 23.7 Å². The van der Waals surface area contributed by atoms with Gasteiger partial charge in [-0.25, -0.2) is 0 Å². The molecule has 20 heavy (non-hydrogen) atoms. The van der Waals surface area contributed by atoms with Gasteiger partial charge in [-0.3, -0.25) is 9.69 Å². The van der Waals surface area contributed by atoms with Crippen LogP contribution in [0.3, 0.4) is 0 Å². The molecule has 0 unspecified atom stereocenters. The Labute approximate surface area is 124 Å². The second-order valence-corrected chi connectivity index (χ2v) is 5.68. The molecule has 0 bridgehead atoms. The largest absolute Gasteiger partial charge is 0.481 e. The van der Waals surface area contributed by atoms with Crippen LogP contribution < -0.4 is 0 Å². The van der Waals surface area contributed by atoms with Gasteiger partial charge in [0.05, 0.1) is 6.42 Å². The zero-order valence-corrected chi connectivity index (χ0v) is 12.4. The van der Waals surface area contributed by atoms with Gasteiger partial charge >= 0.3 is 5.97 Å². The maximum absolute atomic E-state index is 10.6. The highest BCUT2D eigenvalue weighted by molar-refractivity contribution is 6.30. The van der Waals surface area contributed by atoms with Crippen LogP contribution in [0.2, 0.25) is 5.02 Å². The minimum Gasteiger partial charge on any atom is -0.481 e. The normalized spacial score (nSPS) is 17.9. The van der Waals surface area contributed by atoms with Crippen molar-refractivity contribution in [3.63, 3.8) is 0 Å². The van der Waals surface area contributed by atoms with E-state index in [1.54, 1.807) is 0 Å². The van der Waals surface area contributed by atoms with Crippen molar-refractivity contribution in [3.05, 3.63) is 34.9 Å². The molecule has 0 radical (unpaired) electrons. The van der Waals surface area contributed by atoms with E-state index >= 15 is 0 Å². The van der Waals surface area contributed by atoms with Crippen molar-refractivity contribution in [1.82, 2.24) is 9.80 Å². The number of carbonyl (C=O) groups is 1. The highest BCUT2D eigenvalue weighted by Gasteiger charge is 2.15. The van der Waals surface area contributed by atoms with E-state index in [1.165, 1.54) is 5.56 Å². The third-order valence-electron chi connectivity index (χ3n) is 3.62. The van der Waals surface area contributed by atoms with Crippen LogP contribution in [-0.4, -0.2) is 53.6 Å². The number of carboxylic acid groups (broad SMARTS) is 1. The zero-order valence-electron chi connectivity index (χ0n) is 11.6. The summed E-state index contributed by atoms with van der Waals surface area (Å²) in [6.45, 7) is 5.52. The lowest BCUT2D eigenvalue weighted by molar-refractivity contribution is -0.137.